The molecule has 2 aromatic carbocycles. The zero-order chi connectivity index (χ0) is 18.5. The van der Waals surface area contributed by atoms with Gasteiger partial charge in [-0.05, 0) is 41.3 Å². The molecule has 0 unspecified atom stereocenters. The molecule has 134 valence electrons. The second kappa shape index (κ2) is 8.57. The minimum Gasteiger partial charge on any atom is -0.269 e. The molecule has 0 spiro atoms. The van der Waals surface area contributed by atoms with Gasteiger partial charge in [-0.15, -0.1) is 21.5 Å². The molecule has 0 N–H and O–H groups in total. The van der Waals surface area contributed by atoms with E-state index in [9.17, 15) is 0 Å². The third-order valence-corrected chi connectivity index (χ3v) is 5.88. The maximum atomic E-state index is 6.06. The van der Waals surface area contributed by atoms with Crippen LogP contribution in [0.15, 0.2) is 83.3 Å². The first-order valence-corrected chi connectivity index (χ1v) is 10.7. The first kappa shape index (κ1) is 18.0. The van der Waals surface area contributed by atoms with Crippen LogP contribution in [0.3, 0.4) is 0 Å². The third-order valence-electron chi connectivity index (χ3n) is 3.88. The molecule has 6 heteroatoms. The van der Waals surface area contributed by atoms with Crippen LogP contribution in [0, 0.1) is 0 Å². The van der Waals surface area contributed by atoms with E-state index in [2.05, 4.69) is 45.1 Å². The highest BCUT2D eigenvalue weighted by Crippen LogP contribution is 2.30. The quantitative estimate of drug-likeness (QED) is 0.342. The van der Waals surface area contributed by atoms with Crippen LogP contribution in [-0.4, -0.2) is 20.5 Å². The summed E-state index contributed by atoms with van der Waals surface area (Å²) in [7, 11) is 0. The molecule has 0 saturated carbocycles. The summed E-state index contributed by atoms with van der Waals surface area (Å²) in [5.74, 6) is 1.66. The molecular formula is C21H16ClN3S2. The van der Waals surface area contributed by atoms with Crippen LogP contribution in [0.5, 0.6) is 0 Å². The lowest BCUT2D eigenvalue weighted by Gasteiger charge is -2.09. The van der Waals surface area contributed by atoms with Crippen LogP contribution < -0.4 is 0 Å². The average Bonchev–Trinajstić information content (AvgIpc) is 3.36. The van der Waals surface area contributed by atoms with E-state index in [0.29, 0.717) is 5.02 Å². The minimum atomic E-state index is 0.712. The van der Waals surface area contributed by atoms with Crippen LogP contribution in [0.1, 0.15) is 5.56 Å². The lowest BCUT2D eigenvalue weighted by atomic mass is 10.2. The topological polar surface area (TPSA) is 30.7 Å². The van der Waals surface area contributed by atoms with Crippen LogP contribution >= 0.6 is 34.7 Å². The predicted molar refractivity (Wildman–Crippen MR) is 116 cm³/mol. The minimum absolute atomic E-state index is 0.712. The number of benzene rings is 2. The van der Waals surface area contributed by atoms with Crippen molar-refractivity contribution >= 4 is 40.8 Å². The van der Waals surface area contributed by atoms with Gasteiger partial charge in [-0.1, -0.05) is 71.9 Å². The van der Waals surface area contributed by atoms with Gasteiger partial charge in [0, 0.05) is 16.5 Å². The molecule has 4 rings (SSSR count). The van der Waals surface area contributed by atoms with E-state index in [1.807, 2.05) is 53.9 Å². The largest absolute Gasteiger partial charge is 0.269 e. The van der Waals surface area contributed by atoms with E-state index in [1.54, 1.807) is 23.1 Å². The second-order valence-electron chi connectivity index (χ2n) is 5.72. The fourth-order valence-corrected chi connectivity index (χ4v) is 4.21. The number of thioether (sulfide) groups is 1. The van der Waals surface area contributed by atoms with Gasteiger partial charge in [0.25, 0.3) is 0 Å². The summed E-state index contributed by atoms with van der Waals surface area (Å²) in [5.41, 5.74) is 2.19. The van der Waals surface area contributed by atoms with Crippen molar-refractivity contribution in [2.75, 3.05) is 5.75 Å². The number of halogens is 1. The molecule has 27 heavy (non-hydrogen) atoms. The van der Waals surface area contributed by atoms with Crippen LogP contribution in [-0.2, 0) is 0 Å². The molecule has 0 radical (unpaired) electrons. The summed E-state index contributed by atoms with van der Waals surface area (Å²) >= 11 is 9.37. The van der Waals surface area contributed by atoms with Crippen molar-refractivity contribution in [2.45, 2.75) is 5.16 Å². The van der Waals surface area contributed by atoms with E-state index in [1.165, 1.54) is 5.56 Å². The molecule has 0 atom stereocenters. The van der Waals surface area contributed by atoms with Gasteiger partial charge in [-0.25, -0.2) is 0 Å². The van der Waals surface area contributed by atoms with Crippen LogP contribution in [0.2, 0.25) is 5.02 Å². The van der Waals surface area contributed by atoms with Gasteiger partial charge in [0.05, 0.1) is 4.88 Å². The Labute approximate surface area is 171 Å². The van der Waals surface area contributed by atoms with Crippen molar-refractivity contribution < 1.29 is 0 Å². The van der Waals surface area contributed by atoms with E-state index in [4.69, 9.17) is 11.6 Å². The number of nitrogens with zero attached hydrogens (tertiary/aromatic N) is 3. The first-order valence-electron chi connectivity index (χ1n) is 8.41. The molecule has 0 saturated heterocycles. The zero-order valence-electron chi connectivity index (χ0n) is 14.3. The van der Waals surface area contributed by atoms with Gasteiger partial charge in [0.2, 0.25) is 0 Å². The van der Waals surface area contributed by atoms with E-state index in [0.717, 1.165) is 27.3 Å². The third kappa shape index (κ3) is 4.33. The van der Waals surface area contributed by atoms with Gasteiger partial charge in [0.1, 0.15) is 0 Å². The lowest BCUT2D eigenvalue weighted by molar-refractivity contribution is 0.888. The molecule has 4 aromatic rings. The normalized spacial score (nSPS) is 11.3. The standard InChI is InChI=1S/C21H16ClN3S2/c22-17-10-12-18(13-11-17)25-20(19-9-5-14-26-19)23-24-21(25)27-15-4-8-16-6-2-1-3-7-16/h1-14H,15H2. The molecule has 0 aliphatic heterocycles. The molecular weight excluding hydrogens is 394 g/mol. The maximum Gasteiger partial charge on any atom is 0.196 e. The van der Waals surface area contributed by atoms with E-state index in [-0.39, 0.29) is 0 Å². The van der Waals surface area contributed by atoms with Gasteiger partial charge in [-0.2, -0.15) is 0 Å². The fourth-order valence-electron chi connectivity index (χ4n) is 2.62. The molecule has 0 aliphatic carbocycles. The summed E-state index contributed by atoms with van der Waals surface area (Å²) in [6.07, 6.45) is 4.27. The predicted octanol–water partition coefficient (Wildman–Crippen LogP) is 6.45. The Bertz CT molecular complexity index is 1020. The average molecular weight is 410 g/mol. The Morgan fingerprint density at radius 3 is 2.52 bits per heavy atom. The Kier molecular flexibility index (Phi) is 5.72. The van der Waals surface area contributed by atoms with Gasteiger partial charge in [-0.3, -0.25) is 4.57 Å². The van der Waals surface area contributed by atoms with E-state index < -0.39 is 0 Å². The molecule has 0 fully saturated rings. The summed E-state index contributed by atoms with van der Waals surface area (Å²) in [6.45, 7) is 0. The highest BCUT2D eigenvalue weighted by atomic mass is 35.5. The SMILES string of the molecule is Clc1ccc(-n2c(SCC=Cc3ccccc3)nnc2-c2cccs2)cc1. The first-order chi connectivity index (χ1) is 13.3. The molecule has 3 nitrogen and oxygen atoms in total. The highest BCUT2D eigenvalue weighted by molar-refractivity contribution is 7.99. The Hall–Kier alpha value is -2.34. The zero-order valence-corrected chi connectivity index (χ0v) is 16.7. The van der Waals surface area contributed by atoms with E-state index >= 15 is 0 Å². The van der Waals surface area contributed by atoms with Gasteiger partial charge < -0.3 is 0 Å². The monoisotopic (exact) mass is 409 g/mol. The highest BCUT2D eigenvalue weighted by Gasteiger charge is 2.16. The number of rotatable bonds is 6. The number of hydrogen-bond acceptors (Lipinski definition) is 4. The Morgan fingerprint density at radius 1 is 0.963 bits per heavy atom. The van der Waals surface area contributed by atoms with Gasteiger partial charge in [0.15, 0.2) is 11.0 Å². The Balaban J connectivity index is 1.60. The number of aromatic nitrogens is 3. The van der Waals surface area contributed by atoms with Crippen molar-refractivity contribution in [3.05, 3.63) is 88.8 Å². The van der Waals surface area contributed by atoms with Crippen molar-refractivity contribution in [1.29, 1.82) is 0 Å². The van der Waals surface area contributed by atoms with Crippen molar-refractivity contribution in [1.82, 2.24) is 14.8 Å². The fraction of sp³-hybridized carbons (Fsp3) is 0.0476. The lowest BCUT2D eigenvalue weighted by Crippen LogP contribution is -1.98. The molecule has 0 amide bonds. The molecule has 0 aliphatic rings. The number of thiophene rings is 1. The molecule has 2 aromatic heterocycles. The van der Waals surface area contributed by atoms with Gasteiger partial charge >= 0.3 is 0 Å². The summed E-state index contributed by atoms with van der Waals surface area (Å²) in [6, 6.07) is 22.1. The second-order valence-corrected chi connectivity index (χ2v) is 8.09. The van der Waals surface area contributed by atoms with Crippen molar-refractivity contribution in [3.8, 4) is 16.4 Å². The Morgan fingerprint density at radius 2 is 1.78 bits per heavy atom. The molecule has 2 heterocycles. The van der Waals surface area contributed by atoms with Crippen molar-refractivity contribution in [3.63, 3.8) is 0 Å². The number of hydrogen-bond donors (Lipinski definition) is 0. The summed E-state index contributed by atoms with van der Waals surface area (Å²) in [4.78, 5) is 1.09. The van der Waals surface area contributed by atoms with Crippen LogP contribution in [0.4, 0.5) is 0 Å². The van der Waals surface area contributed by atoms with Crippen molar-refractivity contribution in [2.24, 2.45) is 0 Å². The molecule has 0 bridgehead atoms. The summed E-state index contributed by atoms with van der Waals surface area (Å²) < 4.78 is 2.09. The maximum absolute atomic E-state index is 6.06. The smallest absolute Gasteiger partial charge is 0.196 e. The van der Waals surface area contributed by atoms with Crippen LogP contribution in [0.25, 0.3) is 22.5 Å². The summed E-state index contributed by atoms with van der Waals surface area (Å²) in [5, 5.41) is 12.5.